The maximum atomic E-state index is 11.6. The van der Waals surface area contributed by atoms with Gasteiger partial charge < -0.3 is 4.74 Å². The minimum absolute atomic E-state index is 0.296. The topological polar surface area (TPSA) is 26.3 Å². The van der Waals surface area contributed by atoms with Gasteiger partial charge in [0.1, 0.15) is 0 Å². The third-order valence-electron chi connectivity index (χ3n) is 3.26. The molecule has 0 bridgehead atoms. The monoisotopic (exact) mass is 280 g/mol. The Balaban J connectivity index is 2.23. The number of carbonyl (C=O) groups is 1. The highest BCUT2D eigenvalue weighted by Gasteiger charge is 2.16. The molecule has 1 rings (SSSR count). The van der Waals surface area contributed by atoms with E-state index in [1.54, 1.807) is 0 Å². The normalized spacial score (nSPS) is 14.1. The zero-order chi connectivity index (χ0) is 14.1. The van der Waals surface area contributed by atoms with Gasteiger partial charge in [-0.25, -0.2) is 0 Å². The standard InChI is InChI=1S/C16H24O2S/c1-4-19-16(17)10-13(2)14(3)11-18-12-15-8-6-5-7-9-15/h5-9,13-14H,4,10-12H2,1-3H3/t13-,14+/m0/s1. The molecule has 0 saturated heterocycles. The van der Waals surface area contributed by atoms with Gasteiger partial charge in [0.25, 0.3) is 0 Å². The molecule has 0 aliphatic heterocycles. The molecule has 0 heterocycles. The van der Waals surface area contributed by atoms with Crippen LogP contribution in [0.1, 0.15) is 32.8 Å². The van der Waals surface area contributed by atoms with Crippen LogP contribution in [0.3, 0.4) is 0 Å². The molecule has 0 aromatic heterocycles. The van der Waals surface area contributed by atoms with Crippen LogP contribution in [0.25, 0.3) is 0 Å². The van der Waals surface area contributed by atoms with Gasteiger partial charge in [0.05, 0.1) is 6.61 Å². The van der Waals surface area contributed by atoms with E-state index in [0.717, 1.165) is 5.75 Å². The van der Waals surface area contributed by atoms with Crippen LogP contribution in [0.15, 0.2) is 30.3 Å². The Kier molecular flexibility index (Phi) is 7.84. The smallest absolute Gasteiger partial charge is 0.189 e. The van der Waals surface area contributed by atoms with E-state index in [4.69, 9.17) is 4.74 Å². The van der Waals surface area contributed by atoms with E-state index in [0.29, 0.717) is 36.6 Å². The third kappa shape index (κ3) is 6.79. The summed E-state index contributed by atoms with van der Waals surface area (Å²) < 4.78 is 5.73. The van der Waals surface area contributed by atoms with Crippen molar-refractivity contribution in [3.8, 4) is 0 Å². The summed E-state index contributed by atoms with van der Waals surface area (Å²) in [6, 6.07) is 10.2. The van der Waals surface area contributed by atoms with Crippen LogP contribution in [-0.4, -0.2) is 17.5 Å². The largest absolute Gasteiger partial charge is 0.376 e. The predicted molar refractivity (Wildman–Crippen MR) is 82.2 cm³/mol. The molecule has 0 saturated carbocycles. The Morgan fingerprint density at radius 1 is 1.21 bits per heavy atom. The molecule has 0 amide bonds. The number of rotatable bonds is 8. The quantitative estimate of drug-likeness (QED) is 0.715. The molecule has 19 heavy (non-hydrogen) atoms. The Hall–Kier alpha value is -0.800. The summed E-state index contributed by atoms with van der Waals surface area (Å²) in [6.07, 6.45) is 0.647. The highest BCUT2D eigenvalue weighted by Crippen LogP contribution is 2.19. The molecule has 0 fully saturated rings. The van der Waals surface area contributed by atoms with Gasteiger partial charge >= 0.3 is 0 Å². The van der Waals surface area contributed by atoms with Gasteiger partial charge in [0.2, 0.25) is 0 Å². The number of benzene rings is 1. The molecule has 0 aliphatic carbocycles. The van der Waals surface area contributed by atoms with Gasteiger partial charge in [-0.1, -0.05) is 62.9 Å². The van der Waals surface area contributed by atoms with E-state index in [-0.39, 0.29) is 0 Å². The van der Waals surface area contributed by atoms with Gasteiger partial charge in [-0.05, 0) is 23.2 Å². The molecule has 106 valence electrons. The van der Waals surface area contributed by atoms with Crippen molar-refractivity contribution in [2.75, 3.05) is 12.4 Å². The Morgan fingerprint density at radius 2 is 1.89 bits per heavy atom. The van der Waals surface area contributed by atoms with E-state index in [1.807, 2.05) is 25.1 Å². The maximum absolute atomic E-state index is 11.6. The first-order chi connectivity index (χ1) is 9.13. The first kappa shape index (κ1) is 16.3. The van der Waals surface area contributed by atoms with Crippen molar-refractivity contribution in [1.29, 1.82) is 0 Å². The number of ether oxygens (including phenoxy) is 1. The zero-order valence-electron chi connectivity index (χ0n) is 12.1. The fourth-order valence-electron chi connectivity index (χ4n) is 1.79. The van der Waals surface area contributed by atoms with E-state index in [1.165, 1.54) is 17.3 Å². The van der Waals surface area contributed by atoms with Gasteiger partial charge in [-0.15, -0.1) is 0 Å². The van der Waals surface area contributed by atoms with Gasteiger partial charge in [0.15, 0.2) is 5.12 Å². The Bertz CT molecular complexity index is 364. The zero-order valence-corrected chi connectivity index (χ0v) is 12.9. The number of carbonyl (C=O) groups excluding carboxylic acids is 1. The number of hydrogen-bond donors (Lipinski definition) is 0. The molecule has 2 nitrogen and oxygen atoms in total. The second-order valence-electron chi connectivity index (χ2n) is 4.96. The van der Waals surface area contributed by atoms with E-state index < -0.39 is 0 Å². The molecule has 0 unspecified atom stereocenters. The lowest BCUT2D eigenvalue weighted by Crippen LogP contribution is -2.17. The second kappa shape index (κ2) is 9.16. The summed E-state index contributed by atoms with van der Waals surface area (Å²) >= 11 is 1.42. The van der Waals surface area contributed by atoms with E-state index >= 15 is 0 Å². The lowest BCUT2D eigenvalue weighted by molar-refractivity contribution is -0.112. The van der Waals surface area contributed by atoms with Crippen molar-refractivity contribution >= 4 is 16.9 Å². The summed E-state index contributed by atoms with van der Waals surface area (Å²) in [5.74, 6) is 1.65. The molecule has 0 aliphatic rings. The number of thioether (sulfide) groups is 1. The summed E-state index contributed by atoms with van der Waals surface area (Å²) in [4.78, 5) is 11.6. The molecule has 0 radical (unpaired) electrons. The SMILES string of the molecule is CCSC(=O)C[C@H](C)[C@H](C)COCc1ccccc1. The average molecular weight is 280 g/mol. The third-order valence-corrected chi connectivity index (χ3v) is 4.03. The van der Waals surface area contributed by atoms with Crippen molar-refractivity contribution < 1.29 is 9.53 Å². The molecular formula is C16H24O2S. The Morgan fingerprint density at radius 3 is 2.53 bits per heavy atom. The molecule has 1 aromatic carbocycles. The van der Waals surface area contributed by atoms with E-state index in [9.17, 15) is 4.79 Å². The minimum Gasteiger partial charge on any atom is -0.376 e. The second-order valence-corrected chi connectivity index (χ2v) is 6.29. The van der Waals surface area contributed by atoms with Crippen LogP contribution in [0.2, 0.25) is 0 Å². The van der Waals surface area contributed by atoms with Crippen molar-refractivity contribution in [3.63, 3.8) is 0 Å². The van der Waals surface area contributed by atoms with Crippen molar-refractivity contribution in [3.05, 3.63) is 35.9 Å². The van der Waals surface area contributed by atoms with Crippen LogP contribution < -0.4 is 0 Å². The first-order valence-corrected chi connectivity index (χ1v) is 7.89. The fraction of sp³-hybridized carbons (Fsp3) is 0.562. The lowest BCUT2D eigenvalue weighted by atomic mass is 9.94. The highest BCUT2D eigenvalue weighted by atomic mass is 32.2. The summed E-state index contributed by atoms with van der Waals surface area (Å²) in [5.41, 5.74) is 1.19. The lowest BCUT2D eigenvalue weighted by Gasteiger charge is -2.19. The number of hydrogen-bond acceptors (Lipinski definition) is 3. The molecule has 0 spiro atoms. The molecular weight excluding hydrogens is 256 g/mol. The van der Waals surface area contributed by atoms with Crippen LogP contribution in [0, 0.1) is 11.8 Å². The van der Waals surface area contributed by atoms with Crippen LogP contribution in [0.5, 0.6) is 0 Å². The Labute approximate surface area is 120 Å². The van der Waals surface area contributed by atoms with Crippen LogP contribution in [0.4, 0.5) is 0 Å². The fourth-order valence-corrected chi connectivity index (χ4v) is 2.49. The summed E-state index contributed by atoms with van der Waals surface area (Å²) in [6.45, 7) is 7.65. The maximum Gasteiger partial charge on any atom is 0.189 e. The summed E-state index contributed by atoms with van der Waals surface area (Å²) in [7, 11) is 0. The van der Waals surface area contributed by atoms with Crippen LogP contribution >= 0.6 is 11.8 Å². The van der Waals surface area contributed by atoms with Gasteiger partial charge in [0, 0.05) is 13.0 Å². The molecule has 1 aromatic rings. The van der Waals surface area contributed by atoms with Gasteiger partial charge in [-0.2, -0.15) is 0 Å². The molecule has 2 atom stereocenters. The van der Waals surface area contributed by atoms with Crippen molar-refractivity contribution in [2.24, 2.45) is 11.8 Å². The van der Waals surface area contributed by atoms with Crippen molar-refractivity contribution in [2.45, 2.75) is 33.8 Å². The molecule has 0 N–H and O–H groups in total. The van der Waals surface area contributed by atoms with E-state index in [2.05, 4.69) is 26.0 Å². The predicted octanol–water partition coefficient (Wildman–Crippen LogP) is 4.15. The van der Waals surface area contributed by atoms with Crippen LogP contribution in [-0.2, 0) is 16.1 Å². The molecule has 3 heteroatoms. The average Bonchev–Trinajstić information content (AvgIpc) is 2.40. The minimum atomic E-state index is 0.296. The first-order valence-electron chi connectivity index (χ1n) is 6.90. The highest BCUT2D eigenvalue weighted by molar-refractivity contribution is 8.13. The van der Waals surface area contributed by atoms with Crippen molar-refractivity contribution in [1.82, 2.24) is 0 Å². The summed E-state index contributed by atoms with van der Waals surface area (Å²) in [5, 5.41) is 0.296. The van der Waals surface area contributed by atoms with Gasteiger partial charge in [-0.3, -0.25) is 4.79 Å².